The van der Waals surface area contributed by atoms with Crippen LogP contribution in [0.2, 0.25) is 0 Å². The molecule has 1 aliphatic carbocycles. The lowest BCUT2D eigenvalue weighted by Gasteiger charge is -2.29. The summed E-state index contributed by atoms with van der Waals surface area (Å²) in [6, 6.07) is 7.82. The number of para-hydroxylation sites is 1. The molecule has 1 aromatic heterocycles. The van der Waals surface area contributed by atoms with Crippen molar-refractivity contribution in [2.24, 2.45) is 0 Å². The second-order valence-electron chi connectivity index (χ2n) is 11.7. The van der Waals surface area contributed by atoms with E-state index in [1.807, 2.05) is 4.98 Å². The van der Waals surface area contributed by atoms with Crippen LogP contribution in [0.15, 0.2) is 52.2 Å². The normalized spacial score (nSPS) is 25.7. The van der Waals surface area contributed by atoms with E-state index in [4.69, 9.17) is 28.0 Å². The predicted octanol–water partition coefficient (Wildman–Crippen LogP) is 3.76. The molecule has 242 valence electrons. The number of aromatic nitrogens is 2. The zero-order valence-electron chi connectivity index (χ0n) is 25.0. The van der Waals surface area contributed by atoms with Crippen LogP contribution in [0.1, 0.15) is 60.1 Å². The maximum Gasteiger partial charge on any atom is 0.509 e. The first-order valence-electron chi connectivity index (χ1n) is 14.1. The Morgan fingerprint density at radius 1 is 1.18 bits per heavy atom. The van der Waals surface area contributed by atoms with Gasteiger partial charge >= 0.3 is 25.6 Å². The molecule has 0 bridgehead atoms. The van der Waals surface area contributed by atoms with Gasteiger partial charge in [-0.15, -0.1) is 0 Å². The van der Waals surface area contributed by atoms with Crippen LogP contribution in [0.3, 0.4) is 0 Å². The highest BCUT2D eigenvalue weighted by atomic mass is 31.2. The first kappa shape index (κ1) is 33.4. The Labute approximate surface area is 252 Å². The number of nitrogens with zero attached hydrogens (tertiary/aromatic N) is 1. The number of benzene rings is 1. The topological polar surface area (TPSA) is 173 Å². The second kappa shape index (κ2) is 13.2. The molecule has 2 N–H and O–H groups in total. The minimum absolute atomic E-state index is 0.129. The highest BCUT2D eigenvalue weighted by molar-refractivity contribution is 7.52. The number of rotatable bonds is 11. The van der Waals surface area contributed by atoms with Crippen LogP contribution >= 0.6 is 7.75 Å². The third-order valence-electron chi connectivity index (χ3n) is 6.81. The Balaban J connectivity index is 1.60. The fourth-order valence-electron chi connectivity index (χ4n) is 4.45. The monoisotopic (exact) mass is 641 g/mol. The van der Waals surface area contributed by atoms with Crippen molar-refractivity contribution in [3.63, 3.8) is 0 Å². The highest BCUT2D eigenvalue weighted by Gasteiger charge is 2.59. The lowest BCUT2D eigenvalue weighted by atomic mass is 9.96. The van der Waals surface area contributed by atoms with Crippen LogP contribution in [0.5, 0.6) is 5.75 Å². The summed E-state index contributed by atoms with van der Waals surface area (Å²) in [5.41, 5.74) is -5.29. The summed E-state index contributed by atoms with van der Waals surface area (Å²) < 4.78 is 64.3. The number of hydrogen-bond donors (Lipinski definition) is 2. The van der Waals surface area contributed by atoms with Gasteiger partial charge in [0.2, 0.25) is 0 Å². The van der Waals surface area contributed by atoms with Crippen molar-refractivity contribution in [2.75, 3.05) is 6.61 Å². The van der Waals surface area contributed by atoms with Gasteiger partial charge in [0.25, 0.3) is 5.56 Å². The zero-order chi connectivity index (χ0) is 32.3. The van der Waals surface area contributed by atoms with Crippen molar-refractivity contribution in [1.29, 1.82) is 0 Å². The van der Waals surface area contributed by atoms with Crippen molar-refractivity contribution >= 4 is 19.9 Å². The van der Waals surface area contributed by atoms with Gasteiger partial charge in [0.05, 0.1) is 6.61 Å². The average Bonchev–Trinajstić information content (AvgIpc) is 3.13. The van der Waals surface area contributed by atoms with E-state index >= 15 is 4.39 Å². The fourth-order valence-corrected chi connectivity index (χ4v) is 5.95. The maximum absolute atomic E-state index is 16.5. The molecule has 2 fully saturated rings. The Morgan fingerprint density at radius 2 is 1.86 bits per heavy atom. The number of esters is 1. The van der Waals surface area contributed by atoms with Gasteiger partial charge in [-0.3, -0.25) is 23.7 Å². The first-order valence-corrected chi connectivity index (χ1v) is 15.6. The van der Waals surface area contributed by atoms with Gasteiger partial charge in [0, 0.05) is 12.3 Å². The Bertz CT molecular complexity index is 1490. The summed E-state index contributed by atoms with van der Waals surface area (Å²) in [6.45, 7) is 6.49. The molecule has 14 nitrogen and oxygen atoms in total. The molecule has 2 aliphatic rings. The molecule has 4 rings (SSSR count). The van der Waals surface area contributed by atoms with Gasteiger partial charge in [-0.2, -0.15) is 5.09 Å². The van der Waals surface area contributed by atoms with Gasteiger partial charge in [-0.25, -0.2) is 18.5 Å². The van der Waals surface area contributed by atoms with Crippen molar-refractivity contribution in [3.05, 3.63) is 63.4 Å². The summed E-state index contributed by atoms with van der Waals surface area (Å²) in [6.07, 6.45) is -2.99. The molecule has 1 saturated heterocycles. The minimum Gasteiger partial charge on any atom is -0.461 e. The van der Waals surface area contributed by atoms with E-state index in [9.17, 15) is 23.7 Å². The smallest absolute Gasteiger partial charge is 0.461 e. The van der Waals surface area contributed by atoms with Crippen LogP contribution in [-0.4, -0.2) is 63.9 Å². The van der Waals surface area contributed by atoms with Gasteiger partial charge in [-0.1, -0.05) is 18.2 Å². The van der Waals surface area contributed by atoms with Crippen LogP contribution in [0, 0.1) is 0 Å². The molecular formula is C28H37FN3O11P. The molecule has 1 saturated carbocycles. The zero-order valence-corrected chi connectivity index (χ0v) is 25.9. The van der Waals surface area contributed by atoms with Crippen molar-refractivity contribution < 1.29 is 46.5 Å². The molecule has 6 atom stereocenters. The second-order valence-corrected chi connectivity index (χ2v) is 13.4. The van der Waals surface area contributed by atoms with E-state index in [2.05, 4.69) is 5.09 Å². The van der Waals surface area contributed by atoms with Crippen LogP contribution in [0.25, 0.3) is 0 Å². The number of H-pyrrole nitrogens is 1. The SMILES string of the molecule is CC(NP(=O)(OC[C@H]1O[C@@H](n2ccc(=O)[nH]c2=O)[C@](C)(F)[C@@H]1OC(=O)OC(C)(C)C)Oc1ccccc1)C(=O)OC1CCC1. The lowest BCUT2D eigenvalue weighted by molar-refractivity contribution is -0.154. The largest absolute Gasteiger partial charge is 0.509 e. The summed E-state index contributed by atoms with van der Waals surface area (Å²) >= 11 is 0. The first-order chi connectivity index (χ1) is 20.6. The third-order valence-corrected chi connectivity index (χ3v) is 8.46. The van der Waals surface area contributed by atoms with E-state index < -0.39 is 73.5 Å². The summed E-state index contributed by atoms with van der Waals surface area (Å²) in [5.74, 6) is -0.544. The van der Waals surface area contributed by atoms with Gasteiger partial charge in [0.1, 0.15) is 29.6 Å². The number of aromatic amines is 1. The van der Waals surface area contributed by atoms with Crippen LogP contribution in [-0.2, 0) is 32.8 Å². The predicted molar refractivity (Wildman–Crippen MR) is 153 cm³/mol. The van der Waals surface area contributed by atoms with E-state index in [1.165, 1.54) is 19.1 Å². The molecular weight excluding hydrogens is 604 g/mol. The van der Waals surface area contributed by atoms with E-state index in [1.54, 1.807) is 39.0 Å². The molecule has 0 spiro atoms. The van der Waals surface area contributed by atoms with Crippen molar-refractivity contribution in [3.8, 4) is 5.75 Å². The Hall–Kier alpha value is -3.52. The van der Waals surface area contributed by atoms with Crippen molar-refractivity contribution in [1.82, 2.24) is 14.6 Å². The van der Waals surface area contributed by atoms with Gasteiger partial charge < -0.3 is 23.5 Å². The van der Waals surface area contributed by atoms with Crippen molar-refractivity contribution in [2.45, 2.75) is 95.7 Å². The maximum atomic E-state index is 16.5. The standard InChI is InChI=1S/C28H37FN3O11P/c1-17(23(34)39-18-12-9-13-18)31-44(37,43-19-10-7-6-8-11-19)38-16-20-22(41-26(36)42-27(2,3)4)28(5,29)24(40-20)32-15-14-21(33)30-25(32)35/h6-8,10-11,14-15,17-18,20,22,24H,9,12-13,16H2,1-5H3,(H,31,37)(H,30,33,35)/t17?,20-,22-,24-,28-,44?/m1/s1. The summed E-state index contributed by atoms with van der Waals surface area (Å²) in [5, 5.41) is 2.54. The molecule has 16 heteroatoms. The summed E-state index contributed by atoms with van der Waals surface area (Å²) in [7, 11) is -4.42. The molecule has 0 radical (unpaired) electrons. The quantitative estimate of drug-likeness (QED) is 0.269. The molecule has 2 aromatic rings. The molecule has 44 heavy (non-hydrogen) atoms. The summed E-state index contributed by atoms with van der Waals surface area (Å²) in [4.78, 5) is 51.4. The molecule has 0 amide bonds. The number of halogens is 1. The highest BCUT2D eigenvalue weighted by Crippen LogP contribution is 2.48. The van der Waals surface area contributed by atoms with E-state index in [-0.39, 0.29) is 11.9 Å². The number of carbonyl (C=O) groups excluding carboxylic acids is 2. The van der Waals surface area contributed by atoms with Gasteiger partial charge in [-0.05, 0) is 66.0 Å². The number of alkyl halides is 1. The molecule has 2 heterocycles. The minimum atomic E-state index is -4.42. The lowest BCUT2D eigenvalue weighted by Crippen LogP contribution is -2.46. The Kier molecular flexibility index (Phi) is 10.0. The number of ether oxygens (including phenoxy) is 4. The molecule has 1 aliphatic heterocycles. The van der Waals surface area contributed by atoms with Crippen LogP contribution < -0.4 is 20.9 Å². The van der Waals surface area contributed by atoms with Gasteiger partial charge in [0.15, 0.2) is 18.0 Å². The average molecular weight is 642 g/mol. The third kappa shape index (κ3) is 8.35. The number of hydrogen-bond acceptors (Lipinski definition) is 11. The van der Waals surface area contributed by atoms with E-state index in [0.717, 1.165) is 43.0 Å². The fraction of sp³-hybridized carbons (Fsp3) is 0.571. The van der Waals surface area contributed by atoms with E-state index in [0.29, 0.717) is 0 Å². The number of nitrogens with one attached hydrogen (secondary N) is 2. The number of carbonyl (C=O) groups is 2. The molecule has 1 aromatic carbocycles. The van der Waals surface area contributed by atoms with Crippen LogP contribution in [0.4, 0.5) is 9.18 Å². The molecule has 2 unspecified atom stereocenters. The Morgan fingerprint density at radius 3 is 2.45 bits per heavy atom.